The van der Waals surface area contributed by atoms with Crippen LogP contribution in [-0.2, 0) is 16.0 Å². The summed E-state index contributed by atoms with van der Waals surface area (Å²) in [6, 6.07) is 8.13. The molecule has 1 N–H and O–H groups in total. The Kier molecular flexibility index (Phi) is 3.97. The number of carbonyl (C=O) groups is 1. The van der Waals surface area contributed by atoms with E-state index in [2.05, 4.69) is 24.0 Å². The van der Waals surface area contributed by atoms with Crippen molar-refractivity contribution in [2.75, 3.05) is 6.61 Å². The first-order chi connectivity index (χ1) is 8.65. The summed E-state index contributed by atoms with van der Waals surface area (Å²) in [5.74, 6) is -0.0581. The van der Waals surface area contributed by atoms with Gasteiger partial charge < -0.3 is 9.84 Å². The van der Waals surface area contributed by atoms with Crippen molar-refractivity contribution >= 4 is 11.9 Å². The Morgan fingerprint density at radius 1 is 1.50 bits per heavy atom. The van der Waals surface area contributed by atoms with Crippen molar-refractivity contribution in [1.82, 2.24) is 0 Å². The van der Waals surface area contributed by atoms with Crippen molar-refractivity contribution in [3.63, 3.8) is 0 Å². The van der Waals surface area contributed by atoms with Gasteiger partial charge in [0.1, 0.15) is 6.61 Å². The van der Waals surface area contributed by atoms with Crippen LogP contribution in [0.5, 0.6) is 0 Å². The van der Waals surface area contributed by atoms with Crippen LogP contribution in [0, 0.1) is 6.92 Å². The fraction of sp³-hybridized carbons (Fsp3) is 0.429. The number of hydrogen-bond donors (Lipinski definition) is 1. The van der Waals surface area contributed by atoms with Crippen LogP contribution in [-0.4, -0.2) is 29.6 Å². The molecule has 1 atom stereocenters. The lowest BCUT2D eigenvalue weighted by atomic mass is 10.1. The van der Waals surface area contributed by atoms with Gasteiger partial charge in [-0.25, -0.2) is 4.99 Å². The summed E-state index contributed by atoms with van der Waals surface area (Å²) in [6.07, 6.45) is 1.39. The molecule has 0 aliphatic carbocycles. The highest BCUT2D eigenvalue weighted by molar-refractivity contribution is 5.80. The molecule has 1 aromatic carbocycles. The molecule has 1 aliphatic heterocycles. The number of hydrogen-bond acceptors (Lipinski definition) is 3. The van der Waals surface area contributed by atoms with Crippen LogP contribution >= 0.6 is 0 Å². The van der Waals surface area contributed by atoms with Crippen molar-refractivity contribution in [1.29, 1.82) is 0 Å². The third-order valence-electron chi connectivity index (χ3n) is 3.06. The monoisotopic (exact) mass is 247 g/mol. The SMILES string of the molecule is Cc1ccccc1CC1=NC(CCC(=O)O)CO1. The topological polar surface area (TPSA) is 58.9 Å². The molecule has 4 heteroatoms. The van der Waals surface area contributed by atoms with Gasteiger partial charge >= 0.3 is 5.97 Å². The van der Waals surface area contributed by atoms with Crippen LogP contribution in [0.25, 0.3) is 0 Å². The smallest absolute Gasteiger partial charge is 0.303 e. The first-order valence-electron chi connectivity index (χ1n) is 6.11. The maximum atomic E-state index is 10.5. The van der Waals surface area contributed by atoms with E-state index >= 15 is 0 Å². The van der Waals surface area contributed by atoms with Crippen molar-refractivity contribution in [2.24, 2.45) is 4.99 Å². The summed E-state index contributed by atoms with van der Waals surface area (Å²) >= 11 is 0. The molecule has 0 saturated heterocycles. The minimum Gasteiger partial charge on any atom is -0.481 e. The number of rotatable bonds is 5. The lowest BCUT2D eigenvalue weighted by Crippen LogP contribution is -2.09. The Morgan fingerprint density at radius 3 is 3.00 bits per heavy atom. The highest BCUT2D eigenvalue weighted by atomic mass is 16.5. The summed E-state index contributed by atoms with van der Waals surface area (Å²) in [5.41, 5.74) is 2.42. The molecule has 0 saturated carbocycles. The Morgan fingerprint density at radius 2 is 2.28 bits per heavy atom. The van der Waals surface area contributed by atoms with E-state index in [-0.39, 0.29) is 12.5 Å². The molecule has 4 nitrogen and oxygen atoms in total. The first-order valence-corrected chi connectivity index (χ1v) is 6.11. The van der Waals surface area contributed by atoms with Gasteiger partial charge in [0.2, 0.25) is 0 Å². The van der Waals surface area contributed by atoms with Crippen molar-refractivity contribution < 1.29 is 14.6 Å². The molecule has 0 amide bonds. The highest BCUT2D eigenvalue weighted by Gasteiger charge is 2.19. The standard InChI is InChI=1S/C14H17NO3/c1-10-4-2-3-5-11(10)8-13-15-12(9-18-13)6-7-14(16)17/h2-5,12H,6-9H2,1H3,(H,16,17). The Bertz CT molecular complexity index is 468. The lowest BCUT2D eigenvalue weighted by Gasteiger charge is -2.04. The van der Waals surface area contributed by atoms with Crippen LogP contribution in [0.2, 0.25) is 0 Å². The molecule has 1 heterocycles. The first kappa shape index (κ1) is 12.6. The van der Waals surface area contributed by atoms with Gasteiger partial charge in [0.15, 0.2) is 5.90 Å². The second kappa shape index (κ2) is 5.67. The van der Waals surface area contributed by atoms with Gasteiger partial charge in [-0.15, -0.1) is 0 Å². The van der Waals surface area contributed by atoms with Crippen LogP contribution in [0.3, 0.4) is 0 Å². The van der Waals surface area contributed by atoms with Gasteiger partial charge in [0.05, 0.1) is 6.04 Å². The number of aliphatic carboxylic acids is 1. The van der Waals surface area contributed by atoms with Crippen LogP contribution in [0.1, 0.15) is 24.0 Å². The Hall–Kier alpha value is -1.84. The summed E-state index contributed by atoms with van der Waals surface area (Å²) in [6.45, 7) is 2.57. The second-order valence-corrected chi connectivity index (χ2v) is 4.52. The lowest BCUT2D eigenvalue weighted by molar-refractivity contribution is -0.137. The predicted octanol–water partition coefficient (Wildman–Crippen LogP) is 2.20. The Balaban J connectivity index is 1.93. The predicted molar refractivity (Wildman–Crippen MR) is 68.9 cm³/mol. The van der Waals surface area contributed by atoms with Gasteiger partial charge in [-0.05, 0) is 24.5 Å². The van der Waals surface area contributed by atoms with Crippen LogP contribution < -0.4 is 0 Å². The molecule has 0 radical (unpaired) electrons. The molecule has 1 unspecified atom stereocenters. The number of carboxylic acid groups (broad SMARTS) is 1. The van der Waals surface area contributed by atoms with E-state index in [0.717, 1.165) is 5.90 Å². The summed E-state index contributed by atoms with van der Waals surface area (Å²) in [7, 11) is 0. The van der Waals surface area contributed by atoms with E-state index in [4.69, 9.17) is 9.84 Å². The maximum Gasteiger partial charge on any atom is 0.303 e. The zero-order chi connectivity index (χ0) is 13.0. The average molecular weight is 247 g/mol. The minimum atomic E-state index is -0.780. The number of nitrogens with zero attached hydrogens (tertiary/aromatic N) is 1. The van der Waals surface area contributed by atoms with E-state index < -0.39 is 5.97 Å². The largest absolute Gasteiger partial charge is 0.481 e. The average Bonchev–Trinajstić information content (AvgIpc) is 2.77. The van der Waals surface area contributed by atoms with E-state index in [1.807, 2.05) is 12.1 Å². The van der Waals surface area contributed by atoms with E-state index in [1.54, 1.807) is 0 Å². The number of carboxylic acids is 1. The fourth-order valence-electron chi connectivity index (χ4n) is 1.98. The second-order valence-electron chi connectivity index (χ2n) is 4.52. The summed E-state index contributed by atoms with van der Waals surface area (Å²) in [4.78, 5) is 14.9. The molecule has 2 rings (SSSR count). The summed E-state index contributed by atoms with van der Waals surface area (Å²) in [5, 5.41) is 8.62. The van der Waals surface area contributed by atoms with Gasteiger partial charge in [-0.3, -0.25) is 4.79 Å². The van der Waals surface area contributed by atoms with E-state index in [1.165, 1.54) is 11.1 Å². The fourth-order valence-corrected chi connectivity index (χ4v) is 1.98. The van der Waals surface area contributed by atoms with Crippen LogP contribution in [0.15, 0.2) is 29.3 Å². The maximum absolute atomic E-state index is 10.5. The van der Waals surface area contributed by atoms with Gasteiger partial charge in [-0.2, -0.15) is 0 Å². The third kappa shape index (κ3) is 3.32. The number of benzene rings is 1. The molecule has 0 aromatic heterocycles. The zero-order valence-corrected chi connectivity index (χ0v) is 10.4. The number of ether oxygens (including phenoxy) is 1. The van der Waals surface area contributed by atoms with Crippen LogP contribution in [0.4, 0.5) is 0 Å². The molecular weight excluding hydrogens is 230 g/mol. The molecule has 0 bridgehead atoms. The highest BCUT2D eigenvalue weighted by Crippen LogP contribution is 2.15. The molecule has 1 aliphatic rings. The van der Waals surface area contributed by atoms with Crippen molar-refractivity contribution in [2.45, 2.75) is 32.2 Å². The molecule has 0 fully saturated rings. The minimum absolute atomic E-state index is 0.000110. The normalized spacial score (nSPS) is 18.3. The van der Waals surface area contributed by atoms with Gasteiger partial charge in [-0.1, -0.05) is 24.3 Å². The molecule has 96 valence electrons. The summed E-state index contributed by atoms with van der Waals surface area (Å²) < 4.78 is 5.51. The number of aliphatic imine (C=N–C) groups is 1. The molecule has 18 heavy (non-hydrogen) atoms. The number of aryl methyl sites for hydroxylation is 1. The van der Waals surface area contributed by atoms with E-state index in [9.17, 15) is 4.79 Å². The quantitative estimate of drug-likeness (QED) is 0.867. The van der Waals surface area contributed by atoms with Crippen molar-refractivity contribution in [3.05, 3.63) is 35.4 Å². The van der Waals surface area contributed by atoms with Gasteiger partial charge in [0, 0.05) is 12.8 Å². The van der Waals surface area contributed by atoms with Gasteiger partial charge in [0.25, 0.3) is 0 Å². The zero-order valence-electron chi connectivity index (χ0n) is 10.4. The molecular formula is C14H17NO3. The molecule has 0 spiro atoms. The molecule has 1 aromatic rings. The van der Waals surface area contributed by atoms with E-state index in [0.29, 0.717) is 19.4 Å². The van der Waals surface area contributed by atoms with Crippen molar-refractivity contribution in [3.8, 4) is 0 Å². The third-order valence-corrected chi connectivity index (χ3v) is 3.06. The Labute approximate surface area is 106 Å².